The normalized spacial score (nSPS) is 22.4. The number of carbonyl (C=O) groups excluding carboxylic acids is 1. The summed E-state index contributed by atoms with van der Waals surface area (Å²) in [7, 11) is 1.84. The molecule has 1 fully saturated rings. The fraction of sp³-hybridized carbons (Fsp3) is 0.545. The second-order valence-corrected chi connectivity index (χ2v) is 8.32. The van der Waals surface area contributed by atoms with E-state index in [1.54, 1.807) is 4.90 Å². The Kier molecular flexibility index (Phi) is 7.49. The Bertz CT molecular complexity index is 808. The van der Waals surface area contributed by atoms with Gasteiger partial charge in [0.2, 0.25) is 5.91 Å². The van der Waals surface area contributed by atoms with Crippen LogP contribution >= 0.6 is 12.4 Å². The molecule has 2 atom stereocenters. The number of carbonyl (C=O) groups is 1. The molecular weight excluding hydrogens is 388 g/mol. The van der Waals surface area contributed by atoms with Gasteiger partial charge in [-0.2, -0.15) is 5.10 Å². The number of nitrogens with zero attached hydrogens (tertiary/aromatic N) is 2. The number of H-pyrrole nitrogens is 1. The molecule has 0 radical (unpaired) electrons. The van der Waals surface area contributed by atoms with E-state index in [0.717, 1.165) is 29.8 Å². The van der Waals surface area contributed by atoms with E-state index in [0.29, 0.717) is 19.6 Å². The van der Waals surface area contributed by atoms with Gasteiger partial charge < -0.3 is 15.4 Å². The second-order valence-electron chi connectivity index (χ2n) is 8.32. The summed E-state index contributed by atoms with van der Waals surface area (Å²) in [6.07, 6.45) is 2.31. The highest BCUT2D eigenvalue weighted by Gasteiger charge is 2.63. The number of hydrogen-bond acceptors (Lipinski definition) is 4. The zero-order valence-corrected chi connectivity index (χ0v) is 18.6. The highest BCUT2D eigenvalue weighted by atomic mass is 35.5. The quantitative estimate of drug-likeness (QED) is 0.685. The van der Waals surface area contributed by atoms with Gasteiger partial charge in [0.15, 0.2) is 0 Å². The molecule has 29 heavy (non-hydrogen) atoms. The number of rotatable bonds is 8. The molecule has 0 spiro atoms. The first-order chi connectivity index (χ1) is 13.3. The Hall–Kier alpha value is -1.89. The van der Waals surface area contributed by atoms with Gasteiger partial charge in [-0.1, -0.05) is 44.2 Å². The first kappa shape index (κ1) is 23.4. The number of benzene rings is 1. The average Bonchev–Trinajstić information content (AvgIpc) is 3.16. The Labute approximate surface area is 179 Å². The number of aromatic amines is 1. The maximum absolute atomic E-state index is 13.0. The van der Waals surface area contributed by atoms with Gasteiger partial charge in [0, 0.05) is 43.3 Å². The molecule has 0 aliphatic heterocycles. The fourth-order valence-electron chi connectivity index (χ4n) is 3.99. The van der Waals surface area contributed by atoms with Crippen molar-refractivity contribution >= 4 is 18.3 Å². The number of nitrogens with two attached hydrogens (primary N) is 1. The van der Waals surface area contributed by atoms with Gasteiger partial charge in [0.1, 0.15) is 5.54 Å². The summed E-state index contributed by atoms with van der Waals surface area (Å²) >= 11 is 0. The molecule has 1 amide bonds. The SMILES string of the molecule is CCOC1CC(N)(C(=O)N(C)CCCc2cc(-c3ccccc3)n[nH]2)C1(C)C.Cl. The summed E-state index contributed by atoms with van der Waals surface area (Å²) in [5.41, 5.74) is 8.41. The van der Waals surface area contributed by atoms with Crippen molar-refractivity contribution < 1.29 is 9.53 Å². The van der Waals surface area contributed by atoms with Gasteiger partial charge in [-0.3, -0.25) is 9.89 Å². The van der Waals surface area contributed by atoms with Crippen molar-refractivity contribution in [3.8, 4) is 11.3 Å². The van der Waals surface area contributed by atoms with Crippen LogP contribution in [0.3, 0.4) is 0 Å². The molecule has 1 saturated carbocycles. The zero-order valence-electron chi connectivity index (χ0n) is 17.8. The van der Waals surface area contributed by atoms with Gasteiger partial charge in [-0.05, 0) is 25.8 Å². The van der Waals surface area contributed by atoms with Crippen LogP contribution < -0.4 is 5.73 Å². The van der Waals surface area contributed by atoms with Crippen LogP contribution in [0.5, 0.6) is 0 Å². The molecular formula is C22H33ClN4O2. The molecule has 1 heterocycles. The third-order valence-corrected chi connectivity index (χ3v) is 6.20. The average molecular weight is 421 g/mol. The van der Waals surface area contributed by atoms with Crippen molar-refractivity contribution in [1.82, 2.24) is 15.1 Å². The summed E-state index contributed by atoms with van der Waals surface area (Å²) in [4.78, 5) is 14.7. The molecule has 1 aromatic heterocycles. The molecule has 2 aromatic rings. The lowest BCUT2D eigenvalue weighted by Gasteiger charge is -2.58. The maximum Gasteiger partial charge on any atom is 0.243 e. The Morgan fingerprint density at radius 1 is 1.34 bits per heavy atom. The molecule has 1 aliphatic carbocycles. The van der Waals surface area contributed by atoms with Crippen molar-refractivity contribution in [2.75, 3.05) is 20.2 Å². The van der Waals surface area contributed by atoms with E-state index in [-0.39, 0.29) is 29.8 Å². The predicted octanol–water partition coefficient (Wildman–Crippen LogP) is 3.42. The number of likely N-dealkylation sites (N-methyl/N-ethyl adjacent to an activating group) is 1. The molecule has 1 aliphatic rings. The van der Waals surface area contributed by atoms with E-state index in [9.17, 15) is 4.79 Å². The molecule has 7 heteroatoms. The van der Waals surface area contributed by atoms with E-state index < -0.39 is 5.54 Å². The summed E-state index contributed by atoms with van der Waals surface area (Å²) < 4.78 is 5.73. The number of ether oxygens (including phenoxy) is 1. The van der Waals surface area contributed by atoms with Gasteiger partial charge >= 0.3 is 0 Å². The number of halogens is 1. The van der Waals surface area contributed by atoms with Crippen LogP contribution in [0, 0.1) is 5.41 Å². The zero-order chi connectivity index (χ0) is 20.4. The predicted molar refractivity (Wildman–Crippen MR) is 118 cm³/mol. The minimum atomic E-state index is -0.851. The summed E-state index contributed by atoms with van der Waals surface area (Å²) in [6.45, 7) is 7.33. The van der Waals surface area contributed by atoms with Crippen molar-refractivity contribution in [3.05, 3.63) is 42.1 Å². The van der Waals surface area contributed by atoms with Crippen LogP contribution in [-0.2, 0) is 16.0 Å². The van der Waals surface area contributed by atoms with E-state index in [1.807, 2.05) is 58.2 Å². The largest absolute Gasteiger partial charge is 0.378 e. The number of nitrogens with one attached hydrogen (secondary N) is 1. The van der Waals surface area contributed by atoms with Crippen molar-refractivity contribution in [2.24, 2.45) is 11.1 Å². The molecule has 2 unspecified atom stereocenters. The lowest BCUT2D eigenvalue weighted by Crippen LogP contribution is -2.75. The molecule has 3 N–H and O–H groups in total. The monoisotopic (exact) mass is 420 g/mol. The lowest BCUT2D eigenvalue weighted by atomic mass is 9.54. The number of aryl methyl sites for hydroxylation is 1. The van der Waals surface area contributed by atoms with E-state index in [4.69, 9.17) is 10.5 Å². The van der Waals surface area contributed by atoms with Gasteiger partial charge in [-0.15, -0.1) is 12.4 Å². The van der Waals surface area contributed by atoms with E-state index in [2.05, 4.69) is 16.3 Å². The third-order valence-electron chi connectivity index (χ3n) is 6.20. The first-order valence-electron chi connectivity index (χ1n) is 10.1. The third kappa shape index (κ3) is 4.49. The fourth-order valence-corrected chi connectivity index (χ4v) is 3.99. The van der Waals surface area contributed by atoms with Crippen molar-refractivity contribution in [2.45, 2.75) is 51.7 Å². The molecule has 0 saturated heterocycles. The van der Waals surface area contributed by atoms with E-state index in [1.165, 1.54) is 0 Å². The van der Waals surface area contributed by atoms with Crippen LogP contribution in [0.25, 0.3) is 11.3 Å². The summed E-state index contributed by atoms with van der Waals surface area (Å²) in [6, 6.07) is 12.2. The van der Waals surface area contributed by atoms with Gasteiger partial charge in [0.05, 0.1) is 11.8 Å². The molecule has 3 rings (SSSR count). The topological polar surface area (TPSA) is 84.2 Å². The summed E-state index contributed by atoms with van der Waals surface area (Å²) in [5, 5.41) is 7.48. The second kappa shape index (κ2) is 9.28. The lowest BCUT2D eigenvalue weighted by molar-refractivity contribution is -0.178. The number of hydrogen-bond donors (Lipinski definition) is 2. The molecule has 1 aromatic carbocycles. The Morgan fingerprint density at radius 3 is 2.66 bits per heavy atom. The van der Waals surface area contributed by atoms with Crippen LogP contribution in [0.4, 0.5) is 0 Å². The Balaban J connectivity index is 0.00000300. The van der Waals surface area contributed by atoms with Crippen LogP contribution in [-0.4, -0.2) is 52.8 Å². The van der Waals surface area contributed by atoms with Crippen LogP contribution in [0.2, 0.25) is 0 Å². The minimum Gasteiger partial charge on any atom is -0.378 e. The van der Waals surface area contributed by atoms with Crippen LogP contribution in [0.15, 0.2) is 36.4 Å². The number of aromatic nitrogens is 2. The van der Waals surface area contributed by atoms with Crippen LogP contribution in [0.1, 0.15) is 39.3 Å². The molecule has 6 nitrogen and oxygen atoms in total. The highest BCUT2D eigenvalue weighted by Crippen LogP contribution is 2.50. The first-order valence-corrected chi connectivity index (χ1v) is 10.1. The smallest absolute Gasteiger partial charge is 0.243 e. The number of amides is 1. The molecule has 160 valence electrons. The molecule has 0 bridgehead atoms. The highest BCUT2D eigenvalue weighted by molar-refractivity contribution is 5.88. The summed E-state index contributed by atoms with van der Waals surface area (Å²) in [5.74, 6) is 0.00281. The maximum atomic E-state index is 13.0. The standard InChI is InChI=1S/C22H32N4O2.ClH/c1-5-28-19-15-22(23,21(19,2)3)20(27)26(4)13-9-12-17-14-18(25-24-17)16-10-7-6-8-11-16;/h6-8,10-11,14,19H,5,9,12-13,15,23H2,1-4H3,(H,24,25);1H. The van der Waals surface area contributed by atoms with Crippen molar-refractivity contribution in [1.29, 1.82) is 0 Å². The van der Waals surface area contributed by atoms with Gasteiger partial charge in [0.25, 0.3) is 0 Å². The van der Waals surface area contributed by atoms with E-state index >= 15 is 0 Å². The van der Waals surface area contributed by atoms with Crippen molar-refractivity contribution in [3.63, 3.8) is 0 Å². The minimum absolute atomic E-state index is 0. The van der Waals surface area contributed by atoms with Gasteiger partial charge in [-0.25, -0.2) is 0 Å². The Morgan fingerprint density at radius 2 is 2.03 bits per heavy atom.